The predicted octanol–water partition coefficient (Wildman–Crippen LogP) is 2.65. The summed E-state index contributed by atoms with van der Waals surface area (Å²) in [5, 5.41) is 14.2. The lowest BCUT2D eigenvalue weighted by Gasteiger charge is -2.04. The maximum Gasteiger partial charge on any atom is 0.273 e. The van der Waals surface area contributed by atoms with Crippen LogP contribution in [0.3, 0.4) is 0 Å². The molecular weight excluding hydrogens is 272 g/mol. The lowest BCUT2D eigenvalue weighted by molar-refractivity contribution is -0.385. The highest BCUT2D eigenvalue weighted by Crippen LogP contribution is 2.24. The van der Waals surface area contributed by atoms with Crippen molar-refractivity contribution < 1.29 is 4.92 Å². The zero-order valence-electron chi connectivity index (χ0n) is 8.78. The summed E-state index contributed by atoms with van der Waals surface area (Å²) in [5.41, 5.74) is 0.994. The van der Waals surface area contributed by atoms with Gasteiger partial charge in [0.05, 0.1) is 4.92 Å². The molecule has 2 rings (SSSR count). The molecule has 1 aromatic rings. The number of benzene rings is 1. The molecule has 0 heterocycles. The Morgan fingerprint density at radius 1 is 1.50 bits per heavy atom. The molecule has 5 heteroatoms. The second kappa shape index (κ2) is 4.93. The molecule has 1 aromatic carbocycles. The van der Waals surface area contributed by atoms with Gasteiger partial charge in [0.25, 0.3) is 5.69 Å². The fourth-order valence-corrected chi connectivity index (χ4v) is 1.97. The van der Waals surface area contributed by atoms with E-state index in [1.54, 1.807) is 6.07 Å². The summed E-state index contributed by atoms with van der Waals surface area (Å²) in [6.07, 6.45) is 3.19. The minimum absolute atomic E-state index is 0.201. The van der Waals surface area contributed by atoms with Crippen LogP contribution in [-0.4, -0.2) is 17.5 Å². The van der Waals surface area contributed by atoms with Gasteiger partial charge in [-0.3, -0.25) is 10.1 Å². The van der Waals surface area contributed by atoms with Crippen molar-refractivity contribution in [2.75, 3.05) is 6.54 Å². The van der Waals surface area contributed by atoms with Gasteiger partial charge >= 0.3 is 0 Å². The van der Waals surface area contributed by atoms with Crippen LogP contribution in [0.4, 0.5) is 5.69 Å². The van der Waals surface area contributed by atoms with E-state index >= 15 is 0 Å². The Labute approximate surface area is 102 Å². The molecule has 0 amide bonds. The fourth-order valence-electron chi connectivity index (χ4n) is 1.62. The second-order valence-electron chi connectivity index (χ2n) is 4.01. The quantitative estimate of drug-likeness (QED) is 0.668. The Bertz CT molecular complexity index is 405. The maximum absolute atomic E-state index is 10.8. The van der Waals surface area contributed by atoms with Crippen molar-refractivity contribution in [2.24, 2.45) is 0 Å². The Hall–Kier alpha value is -0.940. The molecule has 0 aromatic heterocycles. The SMILES string of the molecule is O=[N+]([O-])c1cc(Br)ccc1CCNC1CC1. The van der Waals surface area contributed by atoms with Crippen LogP contribution in [0.2, 0.25) is 0 Å². The third-order valence-corrected chi connectivity index (χ3v) is 3.14. The van der Waals surface area contributed by atoms with Gasteiger partial charge in [-0.2, -0.15) is 0 Å². The van der Waals surface area contributed by atoms with Crippen molar-refractivity contribution in [1.82, 2.24) is 5.32 Å². The number of nitrogens with one attached hydrogen (secondary N) is 1. The summed E-state index contributed by atoms with van der Waals surface area (Å²) in [6.45, 7) is 0.813. The molecule has 0 aliphatic heterocycles. The van der Waals surface area contributed by atoms with Crippen LogP contribution in [0.1, 0.15) is 18.4 Å². The number of hydrogen-bond acceptors (Lipinski definition) is 3. The zero-order valence-corrected chi connectivity index (χ0v) is 10.4. The minimum Gasteiger partial charge on any atom is -0.314 e. The van der Waals surface area contributed by atoms with Crippen LogP contribution in [0, 0.1) is 10.1 Å². The van der Waals surface area contributed by atoms with Crippen LogP contribution in [0.5, 0.6) is 0 Å². The first-order valence-electron chi connectivity index (χ1n) is 5.33. The number of hydrogen-bond donors (Lipinski definition) is 1. The number of nitro benzene ring substituents is 1. The lowest BCUT2D eigenvalue weighted by Crippen LogP contribution is -2.19. The standard InChI is InChI=1S/C11H13BrN2O2/c12-9-2-1-8(11(7-9)14(15)16)5-6-13-10-3-4-10/h1-2,7,10,13H,3-6H2. The molecule has 4 nitrogen and oxygen atoms in total. The largest absolute Gasteiger partial charge is 0.314 e. The lowest BCUT2D eigenvalue weighted by atomic mass is 10.1. The number of rotatable bonds is 5. The molecule has 0 bridgehead atoms. The van der Waals surface area contributed by atoms with Crippen LogP contribution >= 0.6 is 15.9 Å². The molecular formula is C11H13BrN2O2. The Morgan fingerprint density at radius 2 is 2.25 bits per heavy atom. The highest BCUT2D eigenvalue weighted by Gasteiger charge is 2.20. The van der Waals surface area contributed by atoms with Crippen LogP contribution in [0.25, 0.3) is 0 Å². The van der Waals surface area contributed by atoms with Gasteiger partial charge < -0.3 is 5.32 Å². The molecule has 0 unspecified atom stereocenters. The van der Waals surface area contributed by atoms with Crippen molar-refractivity contribution in [3.8, 4) is 0 Å². The second-order valence-corrected chi connectivity index (χ2v) is 4.92. The molecule has 0 atom stereocenters. The summed E-state index contributed by atoms with van der Waals surface area (Å²) in [7, 11) is 0. The van der Waals surface area contributed by atoms with Gasteiger partial charge in [0.15, 0.2) is 0 Å². The van der Waals surface area contributed by atoms with E-state index in [-0.39, 0.29) is 10.6 Å². The van der Waals surface area contributed by atoms with E-state index in [0.717, 1.165) is 16.6 Å². The number of nitro groups is 1. The van der Waals surface area contributed by atoms with Gasteiger partial charge in [0.2, 0.25) is 0 Å². The maximum atomic E-state index is 10.8. The van der Waals surface area contributed by atoms with Crippen molar-refractivity contribution in [1.29, 1.82) is 0 Å². The molecule has 1 aliphatic carbocycles. The van der Waals surface area contributed by atoms with Crippen LogP contribution < -0.4 is 5.32 Å². The molecule has 0 spiro atoms. The first-order chi connectivity index (χ1) is 7.66. The van der Waals surface area contributed by atoms with E-state index < -0.39 is 0 Å². The summed E-state index contributed by atoms with van der Waals surface area (Å²) in [5.74, 6) is 0. The minimum atomic E-state index is -0.322. The van der Waals surface area contributed by atoms with Gasteiger partial charge in [0.1, 0.15) is 0 Å². The predicted molar refractivity (Wildman–Crippen MR) is 65.5 cm³/mol. The van der Waals surface area contributed by atoms with Gasteiger partial charge in [-0.05, 0) is 31.9 Å². The van der Waals surface area contributed by atoms with E-state index in [2.05, 4.69) is 21.2 Å². The van der Waals surface area contributed by atoms with E-state index in [0.29, 0.717) is 12.5 Å². The first kappa shape index (κ1) is 11.5. The van der Waals surface area contributed by atoms with E-state index in [1.165, 1.54) is 12.8 Å². The number of nitrogens with zero attached hydrogens (tertiary/aromatic N) is 1. The van der Waals surface area contributed by atoms with Crippen molar-refractivity contribution in [3.63, 3.8) is 0 Å². The van der Waals surface area contributed by atoms with Crippen LogP contribution in [-0.2, 0) is 6.42 Å². The van der Waals surface area contributed by atoms with E-state index in [9.17, 15) is 10.1 Å². The Morgan fingerprint density at radius 3 is 2.88 bits per heavy atom. The summed E-state index contributed by atoms with van der Waals surface area (Å²) >= 11 is 3.25. The Kier molecular flexibility index (Phi) is 3.56. The molecule has 1 fully saturated rings. The highest BCUT2D eigenvalue weighted by atomic mass is 79.9. The van der Waals surface area contributed by atoms with Crippen molar-refractivity contribution in [3.05, 3.63) is 38.3 Å². The van der Waals surface area contributed by atoms with Gasteiger partial charge in [-0.25, -0.2) is 0 Å². The average molecular weight is 285 g/mol. The van der Waals surface area contributed by atoms with Crippen molar-refractivity contribution in [2.45, 2.75) is 25.3 Å². The molecule has 1 N–H and O–H groups in total. The van der Waals surface area contributed by atoms with Gasteiger partial charge in [-0.1, -0.05) is 22.0 Å². The van der Waals surface area contributed by atoms with Gasteiger partial charge in [-0.15, -0.1) is 0 Å². The normalized spacial score (nSPS) is 15.1. The van der Waals surface area contributed by atoms with E-state index in [4.69, 9.17) is 0 Å². The zero-order chi connectivity index (χ0) is 11.5. The van der Waals surface area contributed by atoms with Crippen LogP contribution in [0.15, 0.2) is 22.7 Å². The third-order valence-electron chi connectivity index (χ3n) is 2.65. The highest BCUT2D eigenvalue weighted by molar-refractivity contribution is 9.10. The van der Waals surface area contributed by atoms with Crippen molar-refractivity contribution >= 4 is 21.6 Å². The molecule has 1 saturated carbocycles. The molecule has 86 valence electrons. The summed E-state index contributed by atoms with van der Waals surface area (Å²) in [4.78, 5) is 10.5. The average Bonchev–Trinajstić information content (AvgIpc) is 3.04. The summed E-state index contributed by atoms with van der Waals surface area (Å²) in [6, 6.07) is 5.87. The molecule has 16 heavy (non-hydrogen) atoms. The first-order valence-corrected chi connectivity index (χ1v) is 6.12. The van der Waals surface area contributed by atoms with Gasteiger partial charge in [0, 0.05) is 22.1 Å². The smallest absolute Gasteiger partial charge is 0.273 e. The van der Waals surface area contributed by atoms with E-state index in [1.807, 2.05) is 12.1 Å². The number of halogens is 1. The fraction of sp³-hybridized carbons (Fsp3) is 0.455. The molecule has 1 aliphatic rings. The summed E-state index contributed by atoms with van der Waals surface area (Å²) < 4.78 is 0.748. The topological polar surface area (TPSA) is 55.2 Å². The molecule has 0 saturated heterocycles. The monoisotopic (exact) mass is 284 g/mol. The molecule has 0 radical (unpaired) electrons. The Balaban J connectivity index is 2.02. The third kappa shape index (κ3) is 3.02.